The summed E-state index contributed by atoms with van der Waals surface area (Å²) < 4.78 is 5.40. The van der Waals surface area contributed by atoms with Crippen molar-refractivity contribution in [3.8, 4) is 0 Å². The van der Waals surface area contributed by atoms with Gasteiger partial charge in [0.1, 0.15) is 5.60 Å². The van der Waals surface area contributed by atoms with Gasteiger partial charge in [-0.15, -0.1) is 0 Å². The van der Waals surface area contributed by atoms with Gasteiger partial charge < -0.3 is 20.3 Å². The highest BCUT2D eigenvalue weighted by Gasteiger charge is 2.30. The topological polar surface area (TPSA) is 75.9 Å². The van der Waals surface area contributed by atoms with E-state index in [0.29, 0.717) is 25.6 Å². The van der Waals surface area contributed by atoms with Crippen molar-refractivity contribution >= 4 is 12.0 Å². The molecule has 6 nitrogen and oxygen atoms in total. The number of hydrogen-bond acceptors (Lipinski definition) is 4. The molecular weight excluding hydrogens is 270 g/mol. The molecule has 122 valence electrons. The second-order valence-corrected chi connectivity index (χ2v) is 6.75. The summed E-state index contributed by atoms with van der Waals surface area (Å²) in [4.78, 5) is 27.5. The van der Waals surface area contributed by atoms with Gasteiger partial charge in [-0.1, -0.05) is 0 Å². The van der Waals surface area contributed by atoms with Gasteiger partial charge in [0, 0.05) is 26.2 Å². The third-order valence-corrected chi connectivity index (χ3v) is 3.50. The highest BCUT2D eigenvalue weighted by molar-refractivity contribution is 5.81. The number of rotatable bonds is 4. The maximum absolute atomic E-state index is 12.1. The molecule has 2 atom stereocenters. The van der Waals surface area contributed by atoms with Crippen LogP contribution in [-0.2, 0) is 9.53 Å². The Hall–Kier alpha value is -1.30. The Kier molecular flexibility index (Phi) is 6.01. The number of likely N-dealkylation sites (tertiary alicyclic amines) is 1. The summed E-state index contributed by atoms with van der Waals surface area (Å²) >= 11 is 0. The molecule has 0 aromatic rings. The number of nitrogens with zero attached hydrogens (tertiary/aromatic N) is 2. The molecule has 0 unspecified atom stereocenters. The first-order valence-electron chi connectivity index (χ1n) is 7.66. The largest absolute Gasteiger partial charge is 0.444 e. The highest BCUT2D eigenvalue weighted by Crippen LogP contribution is 2.19. The Morgan fingerprint density at radius 2 is 2.05 bits per heavy atom. The van der Waals surface area contributed by atoms with Gasteiger partial charge in [-0.3, -0.25) is 4.79 Å². The molecule has 0 aliphatic carbocycles. The maximum Gasteiger partial charge on any atom is 0.410 e. The highest BCUT2D eigenvalue weighted by atomic mass is 16.6. The van der Waals surface area contributed by atoms with E-state index in [4.69, 9.17) is 10.5 Å². The van der Waals surface area contributed by atoms with Gasteiger partial charge in [0.25, 0.3) is 0 Å². The maximum atomic E-state index is 12.1. The molecule has 2 N–H and O–H groups in total. The monoisotopic (exact) mass is 299 g/mol. The van der Waals surface area contributed by atoms with Gasteiger partial charge >= 0.3 is 6.09 Å². The lowest BCUT2D eigenvalue weighted by molar-refractivity contribution is -0.131. The van der Waals surface area contributed by atoms with Crippen LogP contribution >= 0.6 is 0 Å². The molecule has 1 saturated heterocycles. The van der Waals surface area contributed by atoms with Crippen LogP contribution in [0.25, 0.3) is 0 Å². The van der Waals surface area contributed by atoms with E-state index < -0.39 is 11.6 Å². The van der Waals surface area contributed by atoms with Crippen molar-refractivity contribution < 1.29 is 14.3 Å². The van der Waals surface area contributed by atoms with Crippen LogP contribution in [0.15, 0.2) is 0 Å². The lowest BCUT2D eigenvalue weighted by Crippen LogP contribution is -2.42. The Balaban J connectivity index is 2.52. The van der Waals surface area contributed by atoms with Gasteiger partial charge in [-0.25, -0.2) is 4.79 Å². The van der Waals surface area contributed by atoms with Crippen molar-refractivity contribution in [3.63, 3.8) is 0 Å². The van der Waals surface area contributed by atoms with E-state index >= 15 is 0 Å². The van der Waals surface area contributed by atoms with Gasteiger partial charge in [0.2, 0.25) is 5.91 Å². The standard InChI is InChI=1S/C15H29N3O3/c1-6-17(14(20)21-15(3,4)5)9-12-7-8-18(10-12)13(19)11(2)16/h11-12H,6-10,16H2,1-5H3/t11-,12-/m0/s1. The van der Waals surface area contributed by atoms with E-state index in [0.717, 1.165) is 13.0 Å². The first-order valence-corrected chi connectivity index (χ1v) is 7.66. The molecule has 0 aromatic carbocycles. The molecule has 1 rings (SSSR count). The number of carbonyl (C=O) groups is 2. The molecule has 0 saturated carbocycles. The molecule has 1 heterocycles. The Morgan fingerprint density at radius 1 is 1.43 bits per heavy atom. The van der Waals surface area contributed by atoms with Crippen LogP contribution in [0.2, 0.25) is 0 Å². The molecule has 21 heavy (non-hydrogen) atoms. The van der Waals surface area contributed by atoms with E-state index in [1.54, 1.807) is 16.7 Å². The molecule has 0 spiro atoms. The van der Waals surface area contributed by atoms with Crippen molar-refractivity contribution in [2.75, 3.05) is 26.2 Å². The van der Waals surface area contributed by atoms with Crippen LogP contribution in [0, 0.1) is 5.92 Å². The molecule has 6 heteroatoms. The molecule has 1 aliphatic heterocycles. The van der Waals surface area contributed by atoms with Crippen molar-refractivity contribution in [1.82, 2.24) is 9.80 Å². The minimum atomic E-state index is -0.489. The van der Waals surface area contributed by atoms with Gasteiger partial charge in [-0.2, -0.15) is 0 Å². The molecule has 1 fully saturated rings. The van der Waals surface area contributed by atoms with Crippen LogP contribution in [-0.4, -0.2) is 59.6 Å². The van der Waals surface area contributed by atoms with E-state index in [-0.39, 0.29) is 12.0 Å². The fourth-order valence-corrected chi connectivity index (χ4v) is 2.44. The van der Waals surface area contributed by atoms with Crippen molar-refractivity contribution in [2.45, 2.75) is 52.7 Å². The van der Waals surface area contributed by atoms with E-state index in [1.807, 2.05) is 27.7 Å². The fourth-order valence-electron chi connectivity index (χ4n) is 2.44. The van der Waals surface area contributed by atoms with Crippen LogP contribution in [0.4, 0.5) is 4.79 Å². The zero-order valence-electron chi connectivity index (χ0n) is 13.9. The van der Waals surface area contributed by atoms with Crippen LogP contribution < -0.4 is 5.73 Å². The number of carbonyl (C=O) groups excluding carboxylic acids is 2. The number of hydrogen-bond donors (Lipinski definition) is 1. The zero-order valence-corrected chi connectivity index (χ0v) is 13.9. The summed E-state index contributed by atoms with van der Waals surface area (Å²) in [5.41, 5.74) is 5.14. The van der Waals surface area contributed by atoms with Crippen molar-refractivity contribution in [2.24, 2.45) is 11.7 Å². The number of ether oxygens (including phenoxy) is 1. The molecular formula is C15H29N3O3. The quantitative estimate of drug-likeness (QED) is 0.852. The summed E-state index contributed by atoms with van der Waals surface area (Å²) in [7, 11) is 0. The average Bonchev–Trinajstić information content (AvgIpc) is 2.80. The van der Waals surface area contributed by atoms with E-state index in [9.17, 15) is 9.59 Å². The SMILES string of the molecule is CCN(C[C@@H]1CCN(C(=O)[C@H](C)N)C1)C(=O)OC(C)(C)C. The zero-order chi connectivity index (χ0) is 16.2. The fraction of sp³-hybridized carbons (Fsp3) is 0.867. The van der Waals surface area contributed by atoms with Crippen molar-refractivity contribution in [3.05, 3.63) is 0 Å². The summed E-state index contributed by atoms with van der Waals surface area (Å²) in [6.07, 6.45) is 0.611. The second-order valence-electron chi connectivity index (χ2n) is 6.75. The van der Waals surface area contributed by atoms with Crippen LogP contribution in [0.1, 0.15) is 41.0 Å². The van der Waals surface area contributed by atoms with Crippen LogP contribution in [0.3, 0.4) is 0 Å². The van der Waals surface area contributed by atoms with Gasteiger partial charge in [-0.05, 0) is 47.0 Å². The van der Waals surface area contributed by atoms with Gasteiger partial charge in [0.15, 0.2) is 0 Å². The Bertz CT molecular complexity index is 377. The third kappa shape index (κ3) is 5.53. The number of amides is 2. The lowest BCUT2D eigenvalue weighted by Gasteiger charge is -2.28. The normalized spacial score (nSPS) is 20.3. The van der Waals surface area contributed by atoms with E-state index in [2.05, 4.69) is 0 Å². The predicted molar refractivity (Wildman–Crippen MR) is 81.8 cm³/mol. The second kappa shape index (κ2) is 7.11. The molecule has 0 radical (unpaired) electrons. The van der Waals surface area contributed by atoms with Crippen LogP contribution in [0.5, 0.6) is 0 Å². The molecule has 0 aromatic heterocycles. The lowest BCUT2D eigenvalue weighted by atomic mass is 10.1. The Labute approximate surface area is 127 Å². The van der Waals surface area contributed by atoms with Gasteiger partial charge in [0.05, 0.1) is 6.04 Å². The predicted octanol–water partition coefficient (Wildman–Crippen LogP) is 1.44. The summed E-state index contributed by atoms with van der Waals surface area (Å²) in [5, 5.41) is 0. The van der Waals surface area contributed by atoms with E-state index in [1.165, 1.54) is 0 Å². The molecule has 0 bridgehead atoms. The molecule has 2 amide bonds. The first kappa shape index (κ1) is 17.8. The molecule has 1 aliphatic rings. The Morgan fingerprint density at radius 3 is 2.52 bits per heavy atom. The summed E-state index contributed by atoms with van der Waals surface area (Å²) in [5.74, 6) is 0.276. The minimum Gasteiger partial charge on any atom is -0.444 e. The summed E-state index contributed by atoms with van der Waals surface area (Å²) in [6, 6.07) is -0.461. The average molecular weight is 299 g/mol. The summed E-state index contributed by atoms with van der Waals surface area (Å²) in [6.45, 7) is 11.8. The number of nitrogens with two attached hydrogens (primary N) is 1. The smallest absolute Gasteiger partial charge is 0.410 e. The minimum absolute atomic E-state index is 0.0159. The first-order chi connectivity index (χ1) is 9.64. The third-order valence-electron chi connectivity index (χ3n) is 3.50. The van der Waals surface area contributed by atoms with Crippen molar-refractivity contribution in [1.29, 1.82) is 0 Å².